The van der Waals surface area contributed by atoms with E-state index in [1.54, 1.807) is 0 Å². The van der Waals surface area contributed by atoms with Gasteiger partial charge < -0.3 is 10.2 Å². The van der Waals surface area contributed by atoms with E-state index < -0.39 is 0 Å². The number of hydrogen-bond donors (Lipinski definition) is 2. The number of likely N-dealkylation sites (tertiary alicyclic amines) is 1. The summed E-state index contributed by atoms with van der Waals surface area (Å²) in [4.78, 5) is 2.40. The van der Waals surface area contributed by atoms with Crippen molar-refractivity contribution >= 4 is 0 Å². The van der Waals surface area contributed by atoms with Gasteiger partial charge in [0.15, 0.2) is 0 Å². The lowest BCUT2D eigenvalue weighted by Gasteiger charge is -2.36. The first kappa shape index (κ1) is 12.2. The number of piperidine rings is 1. The Labute approximate surface area is 108 Å². The molecular weight excluding hydrogens is 226 g/mol. The van der Waals surface area contributed by atoms with E-state index in [2.05, 4.69) is 11.0 Å². The van der Waals surface area contributed by atoms with Crippen molar-refractivity contribution in [1.82, 2.24) is 4.90 Å². The van der Waals surface area contributed by atoms with Crippen molar-refractivity contribution in [2.24, 2.45) is 5.92 Å². The van der Waals surface area contributed by atoms with E-state index >= 15 is 0 Å². The molecule has 1 aliphatic carbocycles. The zero-order valence-corrected chi connectivity index (χ0v) is 10.6. The molecule has 2 aliphatic rings. The van der Waals surface area contributed by atoms with Crippen LogP contribution in [0, 0.1) is 5.92 Å². The number of benzene rings is 1. The topological polar surface area (TPSA) is 43.7 Å². The third kappa shape index (κ3) is 2.07. The van der Waals surface area contributed by atoms with Crippen molar-refractivity contribution in [3.05, 3.63) is 35.4 Å². The minimum absolute atomic E-state index is 0.238. The fourth-order valence-corrected chi connectivity index (χ4v) is 3.35. The molecule has 0 radical (unpaired) electrons. The van der Waals surface area contributed by atoms with E-state index in [1.165, 1.54) is 5.56 Å². The van der Waals surface area contributed by atoms with E-state index in [0.29, 0.717) is 12.5 Å². The van der Waals surface area contributed by atoms with E-state index in [-0.39, 0.29) is 12.1 Å². The first-order valence-electron chi connectivity index (χ1n) is 6.90. The molecule has 1 saturated heterocycles. The van der Waals surface area contributed by atoms with Crippen LogP contribution < -0.4 is 0 Å². The minimum Gasteiger partial charge on any atom is -0.396 e. The Bertz CT molecular complexity index is 413. The average molecular weight is 247 g/mol. The number of nitrogens with zero attached hydrogens (tertiary/aromatic N) is 1. The standard InChI is InChI=1S/C15H21NO2/c17-10-11-5-7-16(8-6-11)14-9-12-3-1-2-4-13(12)15(14)18/h1-4,11,14-15,17-18H,5-10H2. The maximum Gasteiger partial charge on any atom is 0.0951 e. The van der Waals surface area contributed by atoms with Gasteiger partial charge in [-0.25, -0.2) is 0 Å². The van der Waals surface area contributed by atoms with Gasteiger partial charge in [0, 0.05) is 12.6 Å². The summed E-state index contributed by atoms with van der Waals surface area (Å²) in [5.41, 5.74) is 2.39. The Kier molecular flexibility index (Phi) is 3.37. The van der Waals surface area contributed by atoms with Gasteiger partial charge >= 0.3 is 0 Å². The molecule has 3 heteroatoms. The molecule has 0 amide bonds. The molecule has 3 rings (SSSR count). The SMILES string of the molecule is OCC1CCN(C2Cc3ccccc3C2O)CC1. The second-order valence-corrected chi connectivity index (χ2v) is 5.58. The Morgan fingerprint density at radius 2 is 1.89 bits per heavy atom. The van der Waals surface area contributed by atoms with Crippen LogP contribution in [0.25, 0.3) is 0 Å². The van der Waals surface area contributed by atoms with Crippen LogP contribution in [-0.4, -0.2) is 40.9 Å². The molecule has 1 heterocycles. The zero-order valence-electron chi connectivity index (χ0n) is 10.6. The molecule has 0 aromatic heterocycles. The summed E-state index contributed by atoms with van der Waals surface area (Å²) in [5.74, 6) is 0.460. The Hall–Kier alpha value is -0.900. The van der Waals surface area contributed by atoms with Crippen LogP contribution in [0.2, 0.25) is 0 Å². The van der Waals surface area contributed by atoms with Gasteiger partial charge in [0.1, 0.15) is 0 Å². The molecule has 2 atom stereocenters. The smallest absolute Gasteiger partial charge is 0.0951 e. The summed E-state index contributed by atoms with van der Waals surface area (Å²) in [5, 5.41) is 19.6. The molecule has 2 unspecified atom stereocenters. The summed E-state index contributed by atoms with van der Waals surface area (Å²) in [6.45, 7) is 2.31. The number of aliphatic hydroxyl groups is 2. The number of rotatable bonds is 2. The van der Waals surface area contributed by atoms with Crippen molar-refractivity contribution in [3.8, 4) is 0 Å². The summed E-state index contributed by atoms with van der Waals surface area (Å²) in [6, 6.07) is 8.45. The van der Waals surface area contributed by atoms with Crippen LogP contribution in [0.5, 0.6) is 0 Å². The molecule has 1 aromatic carbocycles. The predicted octanol–water partition coefficient (Wildman–Crippen LogP) is 1.35. The lowest BCUT2D eigenvalue weighted by atomic mass is 9.95. The molecular formula is C15H21NO2. The maximum absolute atomic E-state index is 10.4. The molecule has 18 heavy (non-hydrogen) atoms. The largest absolute Gasteiger partial charge is 0.396 e. The van der Waals surface area contributed by atoms with Crippen molar-refractivity contribution in [2.45, 2.75) is 31.4 Å². The monoisotopic (exact) mass is 247 g/mol. The highest BCUT2D eigenvalue weighted by Crippen LogP contribution is 2.35. The van der Waals surface area contributed by atoms with Gasteiger partial charge in [-0.15, -0.1) is 0 Å². The summed E-state index contributed by atoms with van der Waals surface area (Å²) >= 11 is 0. The summed E-state index contributed by atoms with van der Waals surface area (Å²) in [7, 11) is 0. The molecule has 0 saturated carbocycles. The van der Waals surface area contributed by atoms with Crippen LogP contribution in [0.1, 0.15) is 30.1 Å². The van der Waals surface area contributed by atoms with Gasteiger partial charge in [-0.2, -0.15) is 0 Å². The van der Waals surface area contributed by atoms with E-state index in [1.807, 2.05) is 18.2 Å². The highest BCUT2D eigenvalue weighted by atomic mass is 16.3. The fraction of sp³-hybridized carbons (Fsp3) is 0.600. The van der Waals surface area contributed by atoms with Crippen LogP contribution in [0.3, 0.4) is 0 Å². The van der Waals surface area contributed by atoms with Crippen LogP contribution in [-0.2, 0) is 6.42 Å². The third-order valence-corrected chi connectivity index (χ3v) is 4.54. The predicted molar refractivity (Wildman–Crippen MR) is 70.3 cm³/mol. The Morgan fingerprint density at radius 1 is 1.17 bits per heavy atom. The van der Waals surface area contributed by atoms with E-state index in [9.17, 15) is 5.11 Å². The number of fused-ring (bicyclic) bond motifs is 1. The van der Waals surface area contributed by atoms with Gasteiger partial charge in [-0.05, 0) is 49.4 Å². The molecule has 0 bridgehead atoms. The molecule has 1 aliphatic heterocycles. The summed E-state index contributed by atoms with van der Waals surface area (Å²) < 4.78 is 0. The van der Waals surface area contributed by atoms with Crippen molar-refractivity contribution in [3.63, 3.8) is 0 Å². The Balaban J connectivity index is 1.69. The highest BCUT2D eigenvalue weighted by molar-refractivity contribution is 5.35. The van der Waals surface area contributed by atoms with Crippen LogP contribution in [0.4, 0.5) is 0 Å². The summed E-state index contributed by atoms with van der Waals surface area (Å²) in [6.07, 6.45) is 2.72. The maximum atomic E-state index is 10.4. The fourth-order valence-electron chi connectivity index (χ4n) is 3.35. The van der Waals surface area contributed by atoms with Gasteiger partial charge in [0.25, 0.3) is 0 Å². The van der Waals surface area contributed by atoms with Gasteiger partial charge in [-0.3, -0.25) is 4.90 Å². The van der Waals surface area contributed by atoms with Gasteiger partial charge in [-0.1, -0.05) is 24.3 Å². The second kappa shape index (κ2) is 5.00. The first-order chi connectivity index (χ1) is 8.79. The molecule has 98 valence electrons. The zero-order chi connectivity index (χ0) is 12.5. The van der Waals surface area contributed by atoms with Crippen molar-refractivity contribution in [2.75, 3.05) is 19.7 Å². The minimum atomic E-state index is -0.341. The van der Waals surface area contributed by atoms with E-state index in [0.717, 1.165) is 37.9 Å². The van der Waals surface area contributed by atoms with Crippen LogP contribution in [0.15, 0.2) is 24.3 Å². The first-order valence-corrected chi connectivity index (χ1v) is 6.90. The van der Waals surface area contributed by atoms with Crippen molar-refractivity contribution < 1.29 is 10.2 Å². The molecule has 3 nitrogen and oxygen atoms in total. The number of aliphatic hydroxyl groups excluding tert-OH is 2. The highest BCUT2D eigenvalue weighted by Gasteiger charge is 2.36. The third-order valence-electron chi connectivity index (χ3n) is 4.54. The van der Waals surface area contributed by atoms with Crippen molar-refractivity contribution in [1.29, 1.82) is 0 Å². The number of hydrogen-bond acceptors (Lipinski definition) is 3. The molecule has 2 N–H and O–H groups in total. The normalized spacial score (nSPS) is 29.4. The lowest BCUT2D eigenvalue weighted by Crippen LogP contribution is -2.44. The van der Waals surface area contributed by atoms with E-state index in [4.69, 9.17) is 5.11 Å². The molecule has 1 fully saturated rings. The Morgan fingerprint density at radius 3 is 2.56 bits per heavy atom. The van der Waals surface area contributed by atoms with Gasteiger partial charge in [0.2, 0.25) is 0 Å². The second-order valence-electron chi connectivity index (χ2n) is 5.58. The average Bonchev–Trinajstić information content (AvgIpc) is 2.77. The van der Waals surface area contributed by atoms with Crippen LogP contribution >= 0.6 is 0 Å². The quantitative estimate of drug-likeness (QED) is 0.829. The lowest BCUT2D eigenvalue weighted by molar-refractivity contribution is 0.0314. The van der Waals surface area contributed by atoms with Gasteiger partial charge in [0.05, 0.1) is 6.10 Å². The molecule has 0 spiro atoms. The molecule has 1 aromatic rings.